The highest BCUT2D eigenvalue weighted by molar-refractivity contribution is 5.65. The van der Waals surface area contributed by atoms with Crippen LogP contribution in [-0.4, -0.2) is 24.3 Å². The van der Waals surface area contributed by atoms with Crippen molar-refractivity contribution in [3.05, 3.63) is 0 Å². The Bertz CT molecular complexity index is 195. The van der Waals surface area contributed by atoms with E-state index in [9.17, 15) is 9.90 Å². The molecule has 0 saturated heterocycles. The Morgan fingerprint density at radius 3 is 2.53 bits per heavy atom. The highest BCUT2D eigenvalue weighted by Gasteiger charge is 2.30. The van der Waals surface area contributed by atoms with Gasteiger partial charge >= 0.3 is 5.97 Å². The molecule has 1 aliphatic rings. The zero-order valence-corrected chi connectivity index (χ0v) is 9.63. The van der Waals surface area contributed by atoms with Crippen LogP contribution in [0.2, 0.25) is 0 Å². The summed E-state index contributed by atoms with van der Waals surface area (Å²) in [5, 5.41) is 9.44. The highest BCUT2D eigenvalue weighted by Crippen LogP contribution is 2.39. The van der Waals surface area contributed by atoms with Crippen molar-refractivity contribution in [2.75, 3.05) is 13.2 Å². The van der Waals surface area contributed by atoms with Gasteiger partial charge in [-0.15, -0.1) is 0 Å². The van der Waals surface area contributed by atoms with Gasteiger partial charge in [0.15, 0.2) is 0 Å². The standard InChI is InChI=1S/C12H22O3/c1-11(14)15-9-5-8-12(10-13)6-3-2-4-7-12/h13H,2-10H2,1H3. The summed E-state index contributed by atoms with van der Waals surface area (Å²) in [6, 6.07) is 0. The van der Waals surface area contributed by atoms with Crippen LogP contribution in [0, 0.1) is 5.41 Å². The molecule has 1 N–H and O–H groups in total. The van der Waals surface area contributed by atoms with Gasteiger partial charge in [-0.3, -0.25) is 4.79 Å². The maximum absolute atomic E-state index is 10.6. The third-order valence-corrected chi connectivity index (χ3v) is 3.41. The first-order valence-corrected chi connectivity index (χ1v) is 5.93. The molecule has 1 aliphatic carbocycles. The van der Waals surface area contributed by atoms with Crippen molar-refractivity contribution in [2.45, 2.75) is 51.9 Å². The maximum atomic E-state index is 10.6. The molecule has 0 amide bonds. The van der Waals surface area contributed by atoms with Crippen LogP contribution in [0.15, 0.2) is 0 Å². The maximum Gasteiger partial charge on any atom is 0.302 e. The van der Waals surface area contributed by atoms with Crippen molar-refractivity contribution in [3.8, 4) is 0 Å². The smallest absolute Gasteiger partial charge is 0.302 e. The second-order valence-electron chi connectivity index (χ2n) is 4.66. The van der Waals surface area contributed by atoms with Gasteiger partial charge in [-0.05, 0) is 31.1 Å². The lowest BCUT2D eigenvalue weighted by molar-refractivity contribution is -0.141. The van der Waals surface area contributed by atoms with Crippen LogP contribution in [-0.2, 0) is 9.53 Å². The van der Waals surface area contributed by atoms with Gasteiger partial charge in [0.25, 0.3) is 0 Å². The number of rotatable bonds is 5. The summed E-state index contributed by atoms with van der Waals surface area (Å²) in [4.78, 5) is 10.6. The molecule has 88 valence electrons. The van der Waals surface area contributed by atoms with Crippen molar-refractivity contribution in [1.82, 2.24) is 0 Å². The Kier molecular flexibility index (Phi) is 5.09. The first-order valence-electron chi connectivity index (χ1n) is 5.93. The van der Waals surface area contributed by atoms with Gasteiger partial charge in [0.2, 0.25) is 0 Å². The molecule has 1 rings (SSSR count). The van der Waals surface area contributed by atoms with Gasteiger partial charge < -0.3 is 9.84 Å². The molecule has 15 heavy (non-hydrogen) atoms. The average molecular weight is 214 g/mol. The van der Waals surface area contributed by atoms with Crippen molar-refractivity contribution in [1.29, 1.82) is 0 Å². The fraction of sp³-hybridized carbons (Fsp3) is 0.917. The largest absolute Gasteiger partial charge is 0.466 e. The number of esters is 1. The van der Waals surface area contributed by atoms with Gasteiger partial charge in [0, 0.05) is 13.5 Å². The van der Waals surface area contributed by atoms with Crippen LogP contribution < -0.4 is 0 Å². The molecule has 3 heteroatoms. The predicted molar refractivity (Wildman–Crippen MR) is 58.5 cm³/mol. The van der Waals surface area contributed by atoms with Gasteiger partial charge in [-0.2, -0.15) is 0 Å². The van der Waals surface area contributed by atoms with Crippen molar-refractivity contribution in [2.24, 2.45) is 5.41 Å². The van der Waals surface area contributed by atoms with Crippen LogP contribution in [0.1, 0.15) is 51.9 Å². The summed E-state index contributed by atoms with van der Waals surface area (Å²) in [5.41, 5.74) is 0.123. The van der Waals surface area contributed by atoms with Gasteiger partial charge in [0.1, 0.15) is 0 Å². The second-order valence-corrected chi connectivity index (χ2v) is 4.66. The zero-order valence-electron chi connectivity index (χ0n) is 9.63. The molecule has 0 aromatic rings. The fourth-order valence-corrected chi connectivity index (χ4v) is 2.45. The Balaban J connectivity index is 2.23. The van der Waals surface area contributed by atoms with Crippen molar-refractivity contribution >= 4 is 5.97 Å². The molecule has 1 saturated carbocycles. The number of hydrogen-bond acceptors (Lipinski definition) is 3. The molecule has 0 unspecified atom stereocenters. The molecule has 3 nitrogen and oxygen atoms in total. The molecule has 0 radical (unpaired) electrons. The van der Waals surface area contributed by atoms with E-state index in [1.165, 1.54) is 26.2 Å². The van der Waals surface area contributed by atoms with E-state index in [2.05, 4.69) is 0 Å². The van der Waals surface area contributed by atoms with E-state index < -0.39 is 0 Å². The van der Waals surface area contributed by atoms with Crippen LogP contribution in [0.3, 0.4) is 0 Å². The summed E-state index contributed by atoms with van der Waals surface area (Å²) < 4.78 is 4.90. The van der Waals surface area contributed by atoms with Crippen LogP contribution in [0.25, 0.3) is 0 Å². The molecule has 0 aromatic carbocycles. The minimum absolute atomic E-state index is 0.123. The summed E-state index contributed by atoms with van der Waals surface area (Å²) in [6.07, 6.45) is 7.87. The Morgan fingerprint density at radius 1 is 1.33 bits per heavy atom. The molecular weight excluding hydrogens is 192 g/mol. The number of aliphatic hydroxyl groups excluding tert-OH is 1. The molecule has 0 bridgehead atoms. The van der Waals surface area contributed by atoms with E-state index in [0.717, 1.165) is 25.7 Å². The predicted octanol–water partition coefficient (Wildman–Crippen LogP) is 2.27. The van der Waals surface area contributed by atoms with E-state index in [0.29, 0.717) is 6.61 Å². The van der Waals surface area contributed by atoms with Crippen LogP contribution in [0.5, 0.6) is 0 Å². The third-order valence-electron chi connectivity index (χ3n) is 3.41. The van der Waals surface area contributed by atoms with Crippen molar-refractivity contribution < 1.29 is 14.6 Å². The van der Waals surface area contributed by atoms with E-state index in [4.69, 9.17) is 4.74 Å². The number of aliphatic hydroxyl groups is 1. The number of carbonyl (C=O) groups is 1. The SMILES string of the molecule is CC(=O)OCCCC1(CO)CCCCC1. The van der Waals surface area contributed by atoms with E-state index in [1.807, 2.05) is 0 Å². The molecular formula is C12H22O3. The number of ether oxygens (including phenoxy) is 1. The lowest BCUT2D eigenvalue weighted by atomic mass is 9.72. The Labute approximate surface area is 91.8 Å². The molecule has 0 spiro atoms. The van der Waals surface area contributed by atoms with Gasteiger partial charge in [-0.25, -0.2) is 0 Å². The first-order chi connectivity index (χ1) is 7.18. The topological polar surface area (TPSA) is 46.5 Å². The lowest BCUT2D eigenvalue weighted by Crippen LogP contribution is -2.28. The highest BCUT2D eigenvalue weighted by atomic mass is 16.5. The average Bonchev–Trinajstić information content (AvgIpc) is 2.26. The van der Waals surface area contributed by atoms with E-state index in [-0.39, 0.29) is 18.0 Å². The third kappa shape index (κ3) is 4.20. The summed E-state index contributed by atoms with van der Waals surface area (Å²) in [6.45, 7) is 2.21. The lowest BCUT2D eigenvalue weighted by Gasteiger charge is -2.35. The van der Waals surface area contributed by atoms with Gasteiger partial charge in [-0.1, -0.05) is 19.3 Å². The van der Waals surface area contributed by atoms with Crippen LogP contribution in [0.4, 0.5) is 0 Å². The molecule has 0 aliphatic heterocycles. The Morgan fingerprint density at radius 2 is 2.00 bits per heavy atom. The molecule has 1 fully saturated rings. The summed E-state index contributed by atoms with van der Waals surface area (Å²) >= 11 is 0. The summed E-state index contributed by atoms with van der Waals surface area (Å²) in [7, 11) is 0. The normalized spacial score (nSPS) is 19.9. The fourth-order valence-electron chi connectivity index (χ4n) is 2.45. The number of carbonyl (C=O) groups excluding carboxylic acids is 1. The van der Waals surface area contributed by atoms with E-state index >= 15 is 0 Å². The molecule has 0 heterocycles. The first kappa shape index (κ1) is 12.5. The molecule has 0 atom stereocenters. The number of hydrogen-bond donors (Lipinski definition) is 1. The second kappa shape index (κ2) is 6.11. The zero-order chi connectivity index (χ0) is 11.1. The van der Waals surface area contributed by atoms with Crippen LogP contribution >= 0.6 is 0 Å². The van der Waals surface area contributed by atoms with Crippen molar-refractivity contribution in [3.63, 3.8) is 0 Å². The minimum Gasteiger partial charge on any atom is -0.466 e. The van der Waals surface area contributed by atoms with E-state index in [1.54, 1.807) is 0 Å². The monoisotopic (exact) mass is 214 g/mol. The quantitative estimate of drug-likeness (QED) is 0.564. The van der Waals surface area contributed by atoms with Gasteiger partial charge in [0.05, 0.1) is 6.61 Å². The summed E-state index contributed by atoms with van der Waals surface area (Å²) in [5.74, 6) is -0.211. The minimum atomic E-state index is -0.211. The Hall–Kier alpha value is -0.570. The molecule has 0 aromatic heterocycles.